The Labute approximate surface area is 115 Å². The molecular weight excluding hydrogens is 240 g/mol. The van der Waals surface area contributed by atoms with Crippen molar-refractivity contribution < 1.29 is 0 Å². The van der Waals surface area contributed by atoms with E-state index in [1.54, 1.807) is 0 Å². The summed E-state index contributed by atoms with van der Waals surface area (Å²) in [6.07, 6.45) is 2.43. The van der Waals surface area contributed by atoms with E-state index in [0.717, 1.165) is 13.1 Å². The van der Waals surface area contributed by atoms with E-state index in [2.05, 4.69) is 50.0 Å². The maximum atomic E-state index is 3.73. The highest BCUT2D eigenvalue weighted by molar-refractivity contribution is 7.11. The number of piperazine rings is 1. The van der Waals surface area contributed by atoms with E-state index in [9.17, 15) is 0 Å². The molecule has 0 amide bonds. The molecule has 2 nitrogen and oxygen atoms in total. The van der Waals surface area contributed by atoms with Gasteiger partial charge in [-0.25, -0.2) is 0 Å². The molecular formula is C15H26N2S. The molecule has 2 atom stereocenters. The molecule has 102 valence electrons. The molecule has 0 spiro atoms. The molecule has 1 aliphatic heterocycles. The molecule has 0 saturated carbocycles. The normalized spacial score (nSPS) is 29.7. The Balaban J connectivity index is 2.06. The van der Waals surface area contributed by atoms with Crippen LogP contribution >= 0.6 is 11.3 Å². The third-order valence-corrected chi connectivity index (χ3v) is 5.22. The van der Waals surface area contributed by atoms with Gasteiger partial charge in [0, 0.05) is 41.0 Å². The van der Waals surface area contributed by atoms with E-state index in [-0.39, 0.29) is 5.54 Å². The summed E-state index contributed by atoms with van der Waals surface area (Å²) in [6, 6.07) is 5.22. The van der Waals surface area contributed by atoms with Crippen LogP contribution in [0.3, 0.4) is 0 Å². The molecule has 1 aromatic rings. The third kappa shape index (κ3) is 3.14. The van der Waals surface area contributed by atoms with E-state index < -0.39 is 0 Å². The van der Waals surface area contributed by atoms with Crippen molar-refractivity contribution in [3.8, 4) is 0 Å². The second kappa shape index (κ2) is 5.72. The van der Waals surface area contributed by atoms with Gasteiger partial charge in [0.2, 0.25) is 0 Å². The summed E-state index contributed by atoms with van der Waals surface area (Å²) in [5.74, 6) is 0. The molecule has 2 rings (SSSR count). The van der Waals surface area contributed by atoms with Crippen LogP contribution in [-0.2, 0) is 6.54 Å². The monoisotopic (exact) mass is 266 g/mol. The van der Waals surface area contributed by atoms with Gasteiger partial charge in [-0.1, -0.05) is 13.8 Å². The maximum absolute atomic E-state index is 3.73. The molecule has 2 unspecified atom stereocenters. The summed E-state index contributed by atoms with van der Waals surface area (Å²) in [5, 5.41) is 3.73. The zero-order valence-electron chi connectivity index (χ0n) is 12.1. The zero-order valence-corrected chi connectivity index (χ0v) is 12.9. The molecule has 0 aliphatic carbocycles. The van der Waals surface area contributed by atoms with Crippen LogP contribution in [0.15, 0.2) is 12.1 Å². The summed E-state index contributed by atoms with van der Waals surface area (Å²) < 4.78 is 0. The molecule has 2 heterocycles. The van der Waals surface area contributed by atoms with Crippen molar-refractivity contribution in [3.63, 3.8) is 0 Å². The molecule has 1 fully saturated rings. The standard InChI is InChI=1S/C15H26N2S/c1-5-13-9-16-15(4,6-2)11-17(13)10-14-8-7-12(3)18-14/h7-8,13,16H,5-6,9-11H2,1-4H3. The second-order valence-corrected chi connectivity index (χ2v) is 7.15. The van der Waals surface area contributed by atoms with E-state index in [4.69, 9.17) is 0 Å². The van der Waals surface area contributed by atoms with Gasteiger partial charge in [-0.15, -0.1) is 11.3 Å². The molecule has 3 heteroatoms. The quantitative estimate of drug-likeness (QED) is 0.898. The molecule has 18 heavy (non-hydrogen) atoms. The first-order valence-corrected chi connectivity index (χ1v) is 7.92. The van der Waals surface area contributed by atoms with Crippen molar-refractivity contribution in [1.82, 2.24) is 10.2 Å². The van der Waals surface area contributed by atoms with Gasteiger partial charge in [0.1, 0.15) is 0 Å². The SMILES string of the molecule is CCC1CNC(C)(CC)CN1Cc1ccc(C)s1. The molecule has 0 aromatic carbocycles. The highest BCUT2D eigenvalue weighted by Crippen LogP contribution is 2.24. The highest BCUT2D eigenvalue weighted by atomic mass is 32.1. The van der Waals surface area contributed by atoms with Crippen molar-refractivity contribution in [2.24, 2.45) is 0 Å². The fourth-order valence-corrected chi connectivity index (χ4v) is 3.64. The van der Waals surface area contributed by atoms with Gasteiger partial charge in [-0.3, -0.25) is 4.90 Å². The zero-order chi connectivity index (χ0) is 13.2. The van der Waals surface area contributed by atoms with Crippen LogP contribution in [0.25, 0.3) is 0 Å². The average molecular weight is 266 g/mol. The predicted octanol–water partition coefficient (Wildman–Crippen LogP) is 3.41. The average Bonchev–Trinajstić information content (AvgIpc) is 2.75. The van der Waals surface area contributed by atoms with Crippen molar-refractivity contribution in [2.45, 2.75) is 58.7 Å². The summed E-state index contributed by atoms with van der Waals surface area (Å²) in [5.41, 5.74) is 0.290. The number of aryl methyl sites for hydroxylation is 1. The minimum Gasteiger partial charge on any atom is -0.309 e. The summed E-state index contributed by atoms with van der Waals surface area (Å²) in [4.78, 5) is 5.60. The summed E-state index contributed by atoms with van der Waals surface area (Å²) in [6.45, 7) is 12.5. The van der Waals surface area contributed by atoms with Crippen LogP contribution in [0.5, 0.6) is 0 Å². The van der Waals surface area contributed by atoms with Crippen molar-refractivity contribution in [3.05, 3.63) is 21.9 Å². The van der Waals surface area contributed by atoms with Crippen molar-refractivity contribution in [1.29, 1.82) is 0 Å². The number of hydrogen-bond donors (Lipinski definition) is 1. The topological polar surface area (TPSA) is 15.3 Å². The van der Waals surface area contributed by atoms with Crippen molar-refractivity contribution in [2.75, 3.05) is 13.1 Å². The lowest BCUT2D eigenvalue weighted by Gasteiger charge is -2.45. The highest BCUT2D eigenvalue weighted by Gasteiger charge is 2.33. The molecule has 1 saturated heterocycles. The Bertz CT molecular complexity index is 388. The first kappa shape index (κ1) is 14.0. The number of nitrogens with one attached hydrogen (secondary N) is 1. The number of hydrogen-bond acceptors (Lipinski definition) is 3. The largest absolute Gasteiger partial charge is 0.309 e. The predicted molar refractivity (Wildman–Crippen MR) is 80.2 cm³/mol. The van der Waals surface area contributed by atoms with E-state index in [0.29, 0.717) is 6.04 Å². The number of nitrogens with zero attached hydrogens (tertiary/aromatic N) is 1. The first-order valence-electron chi connectivity index (χ1n) is 7.10. The lowest BCUT2D eigenvalue weighted by Crippen LogP contribution is -2.62. The van der Waals surface area contributed by atoms with Crippen LogP contribution in [0.1, 0.15) is 43.4 Å². The van der Waals surface area contributed by atoms with Crippen LogP contribution in [-0.4, -0.2) is 29.6 Å². The summed E-state index contributed by atoms with van der Waals surface area (Å²) >= 11 is 1.94. The van der Waals surface area contributed by atoms with E-state index in [1.165, 1.54) is 29.1 Å². The molecule has 0 bridgehead atoms. The Morgan fingerprint density at radius 1 is 1.44 bits per heavy atom. The lowest BCUT2D eigenvalue weighted by atomic mass is 9.93. The summed E-state index contributed by atoms with van der Waals surface area (Å²) in [7, 11) is 0. The van der Waals surface area contributed by atoms with Crippen LogP contribution in [0.4, 0.5) is 0 Å². The van der Waals surface area contributed by atoms with Gasteiger partial charge in [0.25, 0.3) is 0 Å². The molecule has 1 N–H and O–H groups in total. The van der Waals surface area contributed by atoms with Crippen LogP contribution in [0, 0.1) is 6.92 Å². The minimum absolute atomic E-state index is 0.290. The Kier molecular flexibility index (Phi) is 4.46. The fraction of sp³-hybridized carbons (Fsp3) is 0.733. The van der Waals surface area contributed by atoms with Crippen LogP contribution in [0.2, 0.25) is 0 Å². The van der Waals surface area contributed by atoms with E-state index in [1.807, 2.05) is 11.3 Å². The van der Waals surface area contributed by atoms with Gasteiger partial charge in [-0.2, -0.15) is 0 Å². The molecule has 1 aliphatic rings. The van der Waals surface area contributed by atoms with Crippen LogP contribution < -0.4 is 5.32 Å². The molecule has 1 aromatic heterocycles. The smallest absolute Gasteiger partial charge is 0.0332 e. The Hall–Kier alpha value is -0.380. The lowest BCUT2D eigenvalue weighted by molar-refractivity contribution is 0.0764. The fourth-order valence-electron chi connectivity index (χ4n) is 2.72. The minimum atomic E-state index is 0.290. The number of thiophene rings is 1. The van der Waals surface area contributed by atoms with Gasteiger partial charge in [0.15, 0.2) is 0 Å². The maximum Gasteiger partial charge on any atom is 0.0332 e. The van der Waals surface area contributed by atoms with Gasteiger partial charge in [0.05, 0.1) is 0 Å². The third-order valence-electron chi connectivity index (χ3n) is 4.24. The van der Waals surface area contributed by atoms with Gasteiger partial charge >= 0.3 is 0 Å². The Morgan fingerprint density at radius 3 is 2.78 bits per heavy atom. The van der Waals surface area contributed by atoms with Gasteiger partial charge < -0.3 is 5.32 Å². The van der Waals surface area contributed by atoms with E-state index >= 15 is 0 Å². The second-order valence-electron chi connectivity index (χ2n) is 5.77. The molecule has 0 radical (unpaired) electrons. The van der Waals surface area contributed by atoms with Crippen molar-refractivity contribution >= 4 is 11.3 Å². The van der Waals surface area contributed by atoms with Gasteiger partial charge in [-0.05, 0) is 38.8 Å². The number of rotatable bonds is 4. The Morgan fingerprint density at radius 2 is 2.22 bits per heavy atom. The first-order chi connectivity index (χ1) is 8.56.